The first kappa shape index (κ1) is 32.0. The Morgan fingerprint density at radius 3 is 1.57 bits per heavy atom. The summed E-state index contributed by atoms with van der Waals surface area (Å²) in [4.78, 5) is 9.69. The van der Waals surface area contributed by atoms with Crippen LogP contribution in [-0.4, -0.2) is 9.97 Å². The lowest BCUT2D eigenvalue weighted by atomic mass is 9.81. The number of benzene rings is 6. The summed E-state index contributed by atoms with van der Waals surface area (Å²) in [5, 5.41) is 9.65. The second kappa shape index (κ2) is 13.0. The molecule has 0 amide bonds. The Morgan fingerprint density at radius 2 is 0.925 bits per heavy atom. The Kier molecular flexibility index (Phi) is 7.87. The lowest BCUT2D eigenvalue weighted by Gasteiger charge is -2.22. The minimum absolute atomic E-state index is 0.238. The smallest absolute Gasteiger partial charge is 0.0991 e. The molecule has 8 aromatic rings. The molecule has 2 heterocycles. The second-order valence-corrected chi connectivity index (χ2v) is 14.2. The number of pyridine rings is 2. The van der Waals surface area contributed by atoms with Gasteiger partial charge in [0, 0.05) is 34.5 Å². The number of aromatic nitrogens is 2. The predicted octanol–water partition coefficient (Wildman–Crippen LogP) is 12.7. The van der Waals surface area contributed by atoms with Crippen molar-refractivity contribution in [1.29, 1.82) is 5.26 Å². The highest BCUT2D eigenvalue weighted by molar-refractivity contribution is 5.88. The average Bonchev–Trinajstić information content (AvgIpc) is 3.46. The first-order valence-electron chi connectivity index (χ1n) is 17.9. The Balaban J connectivity index is 1.20. The number of nitriles is 1. The van der Waals surface area contributed by atoms with Gasteiger partial charge in [-0.3, -0.25) is 4.98 Å². The van der Waals surface area contributed by atoms with E-state index >= 15 is 0 Å². The molecule has 250 valence electrons. The van der Waals surface area contributed by atoms with Crippen molar-refractivity contribution < 1.29 is 0 Å². The summed E-state index contributed by atoms with van der Waals surface area (Å²) in [5.41, 5.74) is 18.3. The van der Waals surface area contributed by atoms with Gasteiger partial charge in [0.25, 0.3) is 0 Å². The monoisotopic (exact) mass is 677 g/mol. The average molecular weight is 678 g/mol. The zero-order chi connectivity index (χ0) is 35.9. The molecule has 6 aromatic carbocycles. The van der Waals surface area contributed by atoms with Gasteiger partial charge in [0.15, 0.2) is 0 Å². The molecule has 2 aromatic heterocycles. The molecule has 0 atom stereocenters. The third-order valence-electron chi connectivity index (χ3n) is 10.6. The third kappa shape index (κ3) is 5.91. The van der Waals surface area contributed by atoms with Gasteiger partial charge >= 0.3 is 0 Å². The molecule has 0 saturated carbocycles. The van der Waals surface area contributed by atoms with E-state index in [-0.39, 0.29) is 5.41 Å². The third-order valence-corrected chi connectivity index (χ3v) is 10.6. The normalized spacial score (nSPS) is 12.5. The Bertz CT molecular complexity index is 2670. The number of hydrogen-bond acceptors (Lipinski definition) is 3. The molecule has 0 radical (unpaired) electrons. The topological polar surface area (TPSA) is 49.6 Å². The van der Waals surface area contributed by atoms with E-state index < -0.39 is 0 Å². The van der Waals surface area contributed by atoms with Gasteiger partial charge in [-0.15, -0.1) is 0 Å². The van der Waals surface area contributed by atoms with Crippen molar-refractivity contribution in [3.63, 3.8) is 0 Å². The first-order valence-corrected chi connectivity index (χ1v) is 17.9. The van der Waals surface area contributed by atoms with Crippen molar-refractivity contribution in [3.8, 4) is 84.2 Å². The highest BCUT2D eigenvalue weighted by Crippen LogP contribution is 2.50. The van der Waals surface area contributed by atoms with Gasteiger partial charge in [0.05, 0.1) is 23.0 Å². The Labute approximate surface area is 310 Å². The van der Waals surface area contributed by atoms with Crippen molar-refractivity contribution >= 4 is 0 Å². The highest BCUT2D eigenvalue weighted by Gasteiger charge is 2.35. The number of nitrogens with zero attached hydrogens (tertiary/aromatic N) is 3. The SMILES string of the molecule is CC1(C)c2cc(C#N)ccc2-c2ccc(-c3cc(-c4cccnc4)cc(-c4cc(-c5ccccc5)nc(-c5ccc(-c6ccccc6)cc5)c4)c3)cc21. The molecule has 53 heavy (non-hydrogen) atoms. The summed E-state index contributed by atoms with van der Waals surface area (Å²) in [6, 6.07) is 60.2. The molecule has 0 saturated heterocycles. The number of fused-ring (bicyclic) bond motifs is 3. The van der Waals surface area contributed by atoms with Crippen LogP contribution in [0.1, 0.15) is 30.5 Å². The van der Waals surface area contributed by atoms with E-state index in [2.05, 4.69) is 164 Å². The molecule has 9 rings (SSSR count). The van der Waals surface area contributed by atoms with Crippen LogP contribution in [0.15, 0.2) is 176 Å². The summed E-state index contributed by atoms with van der Waals surface area (Å²) < 4.78 is 0. The zero-order valence-corrected chi connectivity index (χ0v) is 29.6. The van der Waals surface area contributed by atoms with E-state index in [4.69, 9.17) is 4.98 Å². The van der Waals surface area contributed by atoms with Crippen LogP contribution in [0.3, 0.4) is 0 Å². The molecule has 1 aliphatic rings. The molecule has 0 aliphatic heterocycles. The minimum Gasteiger partial charge on any atom is -0.264 e. The molecule has 1 aliphatic carbocycles. The molecular weight excluding hydrogens is 643 g/mol. The van der Waals surface area contributed by atoms with Crippen LogP contribution < -0.4 is 0 Å². The Morgan fingerprint density at radius 1 is 0.434 bits per heavy atom. The van der Waals surface area contributed by atoms with Gasteiger partial charge < -0.3 is 0 Å². The fourth-order valence-corrected chi connectivity index (χ4v) is 7.71. The summed E-state index contributed by atoms with van der Waals surface area (Å²) in [7, 11) is 0. The van der Waals surface area contributed by atoms with Crippen molar-refractivity contribution in [2.45, 2.75) is 19.3 Å². The lowest BCUT2D eigenvalue weighted by Crippen LogP contribution is -2.15. The number of hydrogen-bond donors (Lipinski definition) is 0. The largest absolute Gasteiger partial charge is 0.264 e. The van der Waals surface area contributed by atoms with E-state index in [0.717, 1.165) is 55.9 Å². The summed E-state index contributed by atoms with van der Waals surface area (Å²) in [6.07, 6.45) is 3.75. The fraction of sp³-hybridized carbons (Fsp3) is 0.0600. The molecule has 0 unspecified atom stereocenters. The van der Waals surface area contributed by atoms with E-state index in [1.807, 2.05) is 36.7 Å². The summed E-state index contributed by atoms with van der Waals surface area (Å²) >= 11 is 0. The Hall–Kier alpha value is -6.89. The van der Waals surface area contributed by atoms with Gasteiger partial charge in [-0.2, -0.15) is 5.26 Å². The summed E-state index contributed by atoms with van der Waals surface area (Å²) in [5.74, 6) is 0. The number of rotatable bonds is 6. The van der Waals surface area contributed by atoms with E-state index in [1.165, 1.54) is 33.4 Å². The van der Waals surface area contributed by atoms with Crippen molar-refractivity contribution in [2.24, 2.45) is 0 Å². The van der Waals surface area contributed by atoms with Crippen molar-refractivity contribution in [1.82, 2.24) is 9.97 Å². The molecular formula is C50H35N3. The maximum atomic E-state index is 9.65. The van der Waals surface area contributed by atoms with Crippen LogP contribution in [-0.2, 0) is 5.41 Å². The van der Waals surface area contributed by atoms with Gasteiger partial charge in [0.2, 0.25) is 0 Å². The van der Waals surface area contributed by atoms with Gasteiger partial charge in [-0.25, -0.2) is 4.98 Å². The van der Waals surface area contributed by atoms with E-state index in [9.17, 15) is 5.26 Å². The van der Waals surface area contributed by atoms with Gasteiger partial charge in [-0.1, -0.05) is 123 Å². The second-order valence-electron chi connectivity index (χ2n) is 14.2. The van der Waals surface area contributed by atoms with Crippen LogP contribution in [0.5, 0.6) is 0 Å². The summed E-state index contributed by atoms with van der Waals surface area (Å²) in [6.45, 7) is 4.52. The molecule has 0 fully saturated rings. The molecule has 3 heteroatoms. The quantitative estimate of drug-likeness (QED) is 0.176. The molecule has 0 spiro atoms. The van der Waals surface area contributed by atoms with Crippen molar-refractivity contribution in [2.75, 3.05) is 0 Å². The highest BCUT2D eigenvalue weighted by atomic mass is 14.7. The molecule has 0 N–H and O–H groups in total. The minimum atomic E-state index is -0.238. The maximum absolute atomic E-state index is 9.65. The van der Waals surface area contributed by atoms with Crippen LogP contribution in [0.2, 0.25) is 0 Å². The maximum Gasteiger partial charge on any atom is 0.0991 e. The predicted molar refractivity (Wildman–Crippen MR) is 217 cm³/mol. The molecule has 3 nitrogen and oxygen atoms in total. The van der Waals surface area contributed by atoms with Crippen LogP contribution in [0.4, 0.5) is 0 Å². The first-order chi connectivity index (χ1) is 25.9. The standard InChI is InChI=1S/C50H35N3/c1-50(2)46-24-33(31-51)15-21-44(46)45-22-20-38(28-47(45)50)40-25-41(39-14-9-23-52-32-39)27-42(26-40)43-29-48(36-12-7-4-8-13-36)53-49(30-43)37-18-16-35(17-19-37)34-10-5-3-6-11-34/h3-30,32H,1-2H3. The van der Waals surface area contributed by atoms with Gasteiger partial charge in [-0.05, 0) is 116 Å². The molecule has 0 bridgehead atoms. The van der Waals surface area contributed by atoms with Crippen LogP contribution in [0, 0.1) is 11.3 Å². The van der Waals surface area contributed by atoms with Crippen molar-refractivity contribution in [3.05, 3.63) is 193 Å². The van der Waals surface area contributed by atoms with Crippen LogP contribution in [0.25, 0.3) is 78.1 Å². The van der Waals surface area contributed by atoms with E-state index in [1.54, 1.807) is 0 Å². The zero-order valence-electron chi connectivity index (χ0n) is 29.6. The van der Waals surface area contributed by atoms with Gasteiger partial charge in [0.1, 0.15) is 0 Å². The van der Waals surface area contributed by atoms with Crippen LogP contribution >= 0.6 is 0 Å². The fourth-order valence-electron chi connectivity index (χ4n) is 7.71. The lowest BCUT2D eigenvalue weighted by molar-refractivity contribution is 0.660. The van der Waals surface area contributed by atoms with E-state index in [0.29, 0.717) is 5.56 Å².